The van der Waals surface area contributed by atoms with E-state index in [-0.39, 0.29) is 5.91 Å². The second kappa shape index (κ2) is 6.24. The molecule has 1 aromatic heterocycles. The number of amides is 1. The molecule has 0 radical (unpaired) electrons. The number of anilines is 1. The largest absolute Gasteiger partial charge is 0.354 e. The van der Waals surface area contributed by atoms with Gasteiger partial charge in [0.15, 0.2) is 0 Å². The summed E-state index contributed by atoms with van der Waals surface area (Å²) in [6, 6.07) is 0. The Bertz CT molecular complexity index is 506. The summed E-state index contributed by atoms with van der Waals surface area (Å²) in [5.41, 5.74) is 1.27. The molecule has 1 amide bonds. The fourth-order valence-electron chi connectivity index (χ4n) is 2.66. The molecular formula is C16H24N4O. The van der Waals surface area contributed by atoms with Crippen molar-refractivity contribution < 1.29 is 4.79 Å². The van der Waals surface area contributed by atoms with Crippen molar-refractivity contribution in [3.8, 4) is 0 Å². The molecule has 1 spiro atoms. The quantitative estimate of drug-likeness (QED) is 0.742. The maximum Gasteiger partial charge on any atom is 0.219 e. The summed E-state index contributed by atoms with van der Waals surface area (Å²) in [6.45, 7) is 11.4. The molecule has 0 unspecified atom stereocenters. The van der Waals surface area contributed by atoms with Crippen molar-refractivity contribution in [1.82, 2.24) is 14.9 Å². The van der Waals surface area contributed by atoms with Crippen LogP contribution >= 0.6 is 0 Å². The Balaban J connectivity index is 0.000000361. The van der Waals surface area contributed by atoms with Gasteiger partial charge in [-0.2, -0.15) is 0 Å². The highest BCUT2D eigenvalue weighted by molar-refractivity contribution is 5.74. The number of aryl methyl sites for hydroxylation is 1. The monoisotopic (exact) mass is 288 g/mol. The van der Waals surface area contributed by atoms with Gasteiger partial charge < -0.3 is 9.80 Å². The smallest absolute Gasteiger partial charge is 0.219 e. The first-order chi connectivity index (χ1) is 9.99. The number of hydrogen-bond acceptors (Lipinski definition) is 4. The average molecular weight is 288 g/mol. The van der Waals surface area contributed by atoms with Gasteiger partial charge in [-0.05, 0) is 20.8 Å². The zero-order valence-electron chi connectivity index (χ0n) is 13.3. The van der Waals surface area contributed by atoms with Crippen LogP contribution in [-0.4, -0.2) is 47.0 Å². The van der Waals surface area contributed by atoms with Crippen molar-refractivity contribution in [3.63, 3.8) is 0 Å². The summed E-state index contributed by atoms with van der Waals surface area (Å²) < 4.78 is 0. The van der Waals surface area contributed by atoms with E-state index in [2.05, 4.69) is 14.9 Å². The zero-order chi connectivity index (χ0) is 15.5. The summed E-state index contributed by atoms with van der Waals surface area (Å²) in [5, 5.41) is 0. The molecule has 2 fully saturated rings. The highest BCUT2D eigenvalue weighted by Crippen LogP contribution is 2.40. The molecule has 0 aliphatic carbocycles. The van der Waals surface area contributed by atoms with E-state index >= 15 is 0 Å². The molecule has 2 saturated heterocycles. The molecule has 0 N–H and O–H groups in total. The van der Waals surface area contributed by atoms with Gasteiger partial charge in [0.05, 0.1) is 18.1 Å². The van der Waals surface area contributed by atoms with E-state index in [9.17, 15) is 4.79 Å². The van der Waals surface area contributed by atoms with Crippen LogP contribution in [0.3, 0.4) is 0 Å². The van der Waals surface area contributed by atoms with Crippen LogP contribution in [0, 0.1) is 12.3 Å². The minimum Gasteiger partial charge on any atom is -0.354 e. The molecule has 0 bridgehead atoms. The number of likely N-dealkylation sites (tertiary alicyclic amines) is 1. The summed E-state index contributed by atoms with van der Waals surface area (Å²) in [5.74, 6) is 1.13. The number of nitrogens with zero attached hydrogens (tertiary/aromatic N) is 4. The third-order valence-electron chi connectivity index (χ3n) is 3.98. The van der Waals surface area contributed by atoms with Gasteiger partial charge in [-0.25, -0.2) is 4.98 Å². The number of carbonyl (C=O) groups excluding carboxylic acids is 1. The van der Waals surface area contributed by atoms with E-state index in [1.54, 1.807) is 13.1 Å². The van der Waals surface area contributed by atoms with Gasteiger partial charge in [0.2, 0.25) is 5.91 Å². The Labute approximate surface area is 126 Å². The van der Waals surface area contributed by atoms with Crippen molar-refractivity contribution in [2.75, 3.05) is 31.1 Å². The van der Waals surface area contributed by atoms with Crippen LogP contribution in [0.4, 0.5) is 5.82 Å². The van der Waals surface area contributed by atoms with Crippen molar-refractivity contribution in [3.05, 3.63) is 30.2 Å². The van der Waals surface area contributed by atoms with Crippen LogP contribution < -0.4 is 4.90 Å². The number of allylic oxidation sites excluding steroid dienone is 2. The van der Waals surface area contributed by atoms with Crippen molar-refractivity contribution in [2.45, 2.75) is 27.7 Å². The summed E-state index contributed by atoms with van der Waals surface area (Å²) in [7, 11) is 0. The van der Waals surface area contributed by atoms with E-state index in [0.717, 1.165) is 37.7 Å². The standard InChI is InChI=1S/C12H16N4O.C4H8/c1-9-3-14-11(4-13-9)16-7-12(8-16)5-15(6-12)10(2)17;1-3-4-2/h3-4H,5-8H2,1-2H3;3-4H,1-2H3/b;4-3-. The van der Waals surface area contributed by atoms with Crippen LogP contribution in [0.25, 0.3) is 0 Å². The van der Waals surface area contributed by atoms with E-state index in [4.69, 9.17) is 0 Å². The van der Waals surface area contributed by atoms with Gasteiger partial charge >= 0.3 is 0 Å². The average Bonchev–Trinajstić information content (AvgIpc) is 2.37. The van der Waals surface area contributed by atoms with Crippen LogP contribution in [0.5, 0.6) is 0 Å². The molecule has 0 atom stereocenters. The maximum atomic E-state index is 11.1. The molecule has 0 aromatic carbocycles. The van der Waals surface area contributed by atoms with Gasteiger partial charge in [0.1, 0.15) is 5.82 Å². The second-order valence-electron chi connectivity index (χ2n) is 5.91. The SMILES string of the molecule is C/C=C\C.CC(=O)N1CC2(C1)CN(c1cnc(C)cn1)C2. The van der Waals surface area contributed by atoms with Crippen LogP contribution in [0.1, 0.15) is 26.5 Å². The Morgan fingerprint density at radius 1 is 1.14 bits per heavy atom. The lowest BCUT2D eigenvalue weighted by atomic mass is 9.73. The Kier molecular flexibility index (Phi) is 4.60. The first-order valence-corrected chi connectivity index (χ1v) is 7.36. The minimum atomic E-state index is 0.184. The molecule has 3 heterocycles. The van der Waals surface area contributed by atoms with E-state index in [1.165, 1.54) is 0 Å². The molecule has 2 aliphatic heterocycles. The molecule has 21 heavy (non-hydrogen) atoms. The third-order valence-corrected chi connectivity index (χ3v) is 3.98. The minimum absolute atomic E-state index is 0.184. The topological polar surface area (TPSA) is 49.3 Å². The van der Waals surface area contributed by atoms with Crippen LogP contribution in [0.2, 0.25) is 0 Å². The number of carbonyl (C=O) groups is 1. The van der Waals surface area contributed by atoms with Gasteiger partial charge in [-0.15, -0.1) is 0 Å². The van der Waals surface area contributed by atoms with Gasteiger partial charge in [-0.3, -0.25) is 9.78 Å². The van der Waals surface area contributed by atoms with Crippen molar-refractivity contribution >= 4 is 11.7 Å². The normalized spacial score (nSPS) is 18.9. The predicted octanol–water partition coefficient (Wildman–Crippen LogP) is 2.04. The zero-order valence-corrected chi connectivity index (χ0v) is 13.3. The highest BCUT2D eigenvalue weighted by Gasteiger charge is 2.52. The Morgan fingerprint density at radius 2 is 1.76 bits per heavy atom. The van der Waals surface area contributed by atoms with Crippen molar-refractivity contribution in [1.29, 1.82) is 0 Å². The molecule has 1 aromatic rings. The second-order valence-corrected chi connectivity index (χ2v) is 5.91. The Hall–Kier alpha value is -1.91. The van der Waals surface area contributed by atoms with E-state index < -0.39 is 0 Å². The first-order valence-electron chi connectivity index (χ1n) is 7.36. The Morgan fingerprint density at radius 3 is 2.19 bits per heavy atom. The van der Waals surface area contributed by atoms with Crippen molar-refractivity contribution in [2.24, 2.45) is 5.41 Å². The lowest BCUT2D eigenvalue weighted by Gasteiger charge is -2.60. The molecule has 5 nitrogen and oxygen atoms in total. The lowest BCUT2D eigenvalue weighted by molar-refractivity contribution is -0.142. The van der Waals surface area contributed by atoms with Gasteiger partial charge in [-0.1, -0.05) is 12.2 Å². The predicted molar refractivity (Wildman–Crippen MR) is 84.2 cm³/mol. The van der Waals surface area contributed by atoms with Gasteiger partial charge in [0, 0.05) is 38.5 Å². The number of hydrogen-bond donors (Lipinski definition) is 0. The highest BCUT2D eigenvalue weighted by atomic mass is 16.2. The molecule has 0 saturated carbocycles. The molecular weight excluding hydrogens is 264 g/mol. The summed E-state index contributed by atoms with van der Waals surface area (Å²) in [6.07, 6.45) is 7.62. The maximum absolute atomic E-state index is 11.1. The fourth-order valence-corrected chi connectivity index (χ4v) is 2.66. The first kappa shape index (κ1) is 15.5. The number of rotatable bonds is 1. The molecule has 3 rings (SSSR count). The lowest BCUT2D eigenvalue weighted by Crippen LogP contribution is -2.73. The molecule has 2 aliphatic rings. The van der Waals surface area contributed by atoms with E-state index in [0.29, 0.717) is 5.41 Å². The summed E-state index contributed by atoms with van der Waals surface area (Å²) in [4.78, 5) is 23.9. The molecule has 5 heteroatoms. The fraction of sp³-hybridized carbons (Fsp3) is 0.562. The number of aromatic nitrogens is 2. The van der Waals surface area contributed by atoms with E-state index in [1.807, 2.05) is 44.0 Å². The third kappa shape index (κ3) is 3.40. The van der Waals surface area contributed by atoms with Gasteiger partial charge in [0.25, 0.3) is 0 Å². The molecule has 114 valence electrons. The summed E-state index contributed by atoms with van der Waals surface area (Å²) >= 11 is 0. The van der Waals surface area contributed by atoms with Crippen LogP contribution in [0.15, 0.2) is 24.5 Å². The van der Waals surface area contributed by atoms with Crippen LogP contribution in [-0.2, 0) is 4.79 Å².